The highest BCUT2D eigenvalue weighted by Crippen LogP contribution is 2.10. The first-order valence-electron chi connectivity index (χ1n) is 6.94. The highest BCUT2D eigenvalue weighted by atomic mass is 16.5. The Bertz CT molecular complexity index is 581. The van der Waals surface area contributed by atoms with Crippen molar-refractivity contribution in [3.05, 3.63) is 41.7 Å². The van der Waals surface area contributed by atoms with Crippen molar-refractivity contribution >= 4 is 5.97 Å². The van der Waals surface area contributed by atoms with Crippen molar-refractivity contribution in [2.24, 2.45) is 0 Å². The molecule has 0 atom stereocenters. The number of carbonyl (C=O) groups is 1. The molecule has 1 aromatic carbocycles. The summed E-state index contributed by atoms with van der Waals surface area (Å²) in [5.41, 5.74) is 1.09. The van der Waals surface area contributed by atoms with Crippen molar-refractivity contribution in [2.75, 3.05) is 13.7 Å². The van der Waals surface area contributed by atoms with Crippen LogP contribution in [0.4, 0.5) is 0 Å². The molecule has 0 amide bonds. The predicted molar refractivity (Wildman–Crippen MR) is 77.3 cm³/mol. The Morgan fingerprint density at radius 2 is 2.05 bits per heavy atom. The summed E-state index contributed by atoms with van der Waals surface area (Å²) in [6.07, 6.45) is 1.46. The van der Waals surface area contributed by atoms with Crippen LogP contribution in [0.25, 0.3) is 0 Å². The summed E-state index contributed by atoms with van der Waals surface area (Å²) in [6, 6.07) is 9.66. The number of rotatable bonds is 7. The molecule has 0 bridgehead atoms. The number of aryl methyl sites for hydroxylation is 1. The van der Waals surface area contributed by atoms with Gasteiger partial charge in [-0.2, -0.15) is 0 Å². The highest BCUT2D eigenvalue weighted by Gasteiger charge is 2.18. The molecule has 1 heterocycles. The van der Waals surface area contributed by atoms with Gasteiger partial charge in [-0.25, -0.2) is 9.48 Å². The smallest absolute Gasteiger partial charge is 0.360 e. The van der Waals surface area contributed by atoms with Crippen LogP contribution >= 0.6 is 0 Å². The third kappa shape index (κ3) is 3.81. The number of hydrogen-bond acceptors (Lipinski definition) is 5. The first kappa shape index (κ1) is 15.0. The fourth-order valence-corrected chi connectivity index (χ4v) is 2.04. The molecule has 0 saturated heterocycles. The average Bonchev–Trinajstić information content (AvgIpc) is 2.94. The van der Waals surface area contributed by atoms with Crippen LogP contribution in [-0.2, 0) is 17.7 Å². The van der Waals surface area contributed by atoms with Gasteiger partial charge in [-0.05, 0) is 18.6 Å². The van der Waals surface area contributed by atoms with E-state index < -0.39 is 5.97 Å². The number of para-hydroxylation sites is 1. The fourth-order valence-electron chi connectivity index (χ4n) is 2.04. The van der Waals surface area contributed by atoms with Gasteiger partial charge in [-0.15, -0.1) is 5.10 Å². The largest absolute Gasteiger partial charge is 0.494 e. The Balaban J connectivity index is 1.88. The van der Waals surface area contributed by atoms with Crippen LogP contribution in [0.3, 0.4) is 0 Å². The van der Waals surface area contributed by atoms with E-state index in [-0.39, 0.29) is 0 Å². The van der Waals surface area contributed by atoms with E-state index >= 15 is 0 Å². The van der Waals surface area contributed by atoms with Gasteiger partial charge >= 0.3 is 5.97 Å². The number of esters is 1. The Labute approximate surface area is 123 Å². The van der Waals surface area contributed by atoms with E-state index in [4.69, 9.17) is 9.47 Å². The molecule has 112 valence electrons. The second kappa shape index (κ2) is 7.42. The Kier molecular flexibility index (Phi) is 5.31. The molecule has 0 aliphatic heterocycles. The average molecular weight is 289 g/mol. The molecule has 0 aliphatic rings. The molecule has 0 aliphatic carbocycles. The summed E-state index contributed by atoms with van der Waals surface area (Å²) < 4.78 is 12.1. The molecule has 0 unspecified atom stereocenters. The van der Waals surface area contributed by atoms with Crippen molar-refractivity contribution in [3.8, 4) is 5.75 Å². The number of aromatic nitrogens is 3. The SMILES string of the molecule is CCc1c(C(=O)OC)nnn1CCCOc1ccccc1. The predicted octanol–water partition coefficient (Wildman–Crippen LogP) is 2.10. The minimum absolute atomic E-state index is 0.295. The van der Waals surface area contributed by atoms with Gasteiger partial charge in [-0.1, -0.05) is 30.3 Å². The lowest BCUT2D eigenvalue weighted by Crippen LogP contribution is -2.11. The van der Waals surface area contributed by atoms with Crippen LogP contribution in [0.15, 0.2) is 30.3 Å². The number of benzene rings is 1. The van der Waals surface area contributed by atoms with Crippen LogP contribution < -0.4 is 4.74 Å². The van der Waals surface area contributed by atoms with Gasteiger partial charge in [0, 0.05) is 13.0 Å². The van der Waals surface area contributed by atoms with Crippen LogP contribution in [0.1, 0.15) is 29.5 Å². The highest BCUT2D eigenvalue weighted by molar-refractivity contribution is 5.88. The second-order valence-corrected chi connectivity index (χ2v) is 4.47. The molecule has 0 saturated carbocycles. The van der Waals surface area contributed by atoms with Crippen molar-refractivity contribution in [1.29, 1.82) is 0 Å². The fraction of sp³-hybridized carbons (Fsp3) is 0.400. The number of ether oxygens (including phenoxy) is 2. The van der Waals surface area contributed by atoms with Gasteiger partial charge in [0.2, 0.25) is 0 Å². The first-order valence-corrected chi connectivity index (χ1v) is 6.94. The Morgan fingerprint density at radius 3 is 2.71 bits per heavy atom. The zero-order valence-corrected chi connectivity index (χ0v) is 12.3. The molecule has 2 aromatic rings. The summed E-state index contributed by atoms with van der Waals surface area (Å²) >= 11 is 0. The zero-order valence-electron chi connectivity index (χ0n) is 12.3. The minimum Gasteiger partial charge on any atom is -0.494 e. The zero-order chi connectivity index (χ0) is 15.1. The Hall–Kier alpha value is -2.37. The summed E-state index contributed by atoms with van der Waals surface area (Å²) in [5, 5.41) is 7.90. The van der Waals surface area contributed by atoms with Crippen molar-refractivity contribution in [1.82, 2.24) is 15.0 Å². The van der Waals surface area contributed by atoms with E-state index in [0.29, 0.717) is 25.3 Å². The maximum absolute atomic E-state index is 11.6. The third-order valence-electron chi connectivity index (χ3n) is 3.08. The number of methoxy groups -OCH3 is 1. The van der Waals surface area contributed by atoms with Crippen molar-refractivity contribution < 1.29 is 14.3 Å². The van der Waals surface area contributed by atoms with E-state index in [2.05, 4.69) is 10.3 Å². The molecule has 0 fully saturated rings. The molecule has 6 heteroatoms. The monoisotopic (exact) mass is 289 g/mol. The van der Waals surface area contributed by atoms with Crippen LogP contribution in [0.2, 0.25) is 0 Å². The summed E-state index contributed by atoms with van der Waals surface area (Å²) in [5.74, 6) is 0.403. The van der Waals surface area contributed by atoms with Crippen LogP contribution in [0, 0.1) is 0 Å². The third-order valence-corrected chi connectivity index (χ3v) is 3.08. The lowest BCUT2D eigenvalue weighted by Gasteiger charge is -2.07. The quantitative estimate of drug-likeness (QED) is 0.577. The van der Waals surface area contributed by atoms with Crippen LogP contribution in [0.5, 0.6) is 5.75 Å². The molecular formula is C15H19N3O3. The van der Waals surface area contributed by atoms with E-state index in [1.165, 1.54) is 7.11 Å². The van der Waals surface area contributed by atoms with Gasteiger partial charge in [0.1, 0.15) is 5.75 Å². The number of hydrogen-bond donors (Lipinski definition) is 0. The molecule has 2 rings (SSSR count). The van der Waals surface area contributed by atoms with E-state index in [1.54, 1.807) is 4.68 Å². The second-order valence-electron chi connectivity index (χ2n) is 4.47. The van der Waals surface area contributed by atoms with Crippen molar-refractivity contribution in [3.63, 3.8) is 0 Å². The van der Waals surface area contributed by atoms with Gasteiger partial charge in [0.15, 0.2) is 5.69 Å². The summed E-state index contributed by atoms with van der Waals surface area (Å²) in [6.45, 7) is 3.20. The molecule has 0 spiro atoms. The lowest BCUT2D eigenvalue weighted by molar-refractivity contribution is 0.0592. The number of carbonyl (C=O) groups excluding carboxylic acids is 1. The maximum atomic E-state index is 11.6. The Morgan fingerprint density at radius 1 is 1.29 bits per heavy atom. The number of nitrogens with zero attached hydrogens (tertiary/aromatic N) is 3. The van der Waals surface area contributed by atoms with E-state index in [1.807, 2.05) is 37.3 Å². The van der Waals surface area contributed by atoms with Gasteiger partial charge in [0.25, 0.3) is 0 Å². The van der Waals surface area contributed by atoms with Gasteiger partial charge in [-0.3, -0.25) is 0 Å². The topological polar surface area (TPSA) is 66.2 Å². The maximum Gasteiger partial charge on any atom is 0.360 e. The molecule has 1 aromatic heterocycles. The minimum atomic E-state index is -0.446. The summed E-state index contributed by atoms with van der Waals surface area (Å²) in [4.78, 5) is 11.6. The lowest BCUT2D eigenvalue weighted by atomic mass is 10.2. The van der Waals surface area contributed by atoms with Gasteiger partial charge < -0.3 is 9.47 Å². The molecule has 6 nitrogen and oxygen atoms in total. The molecule has 0 radical (unpaired) electrons. The standard InChI is InChI=1S/C15H19N3O3/c1-3-13-14(15(19)20-2)16-17-18(13)10-7-11-21-12-8-5-4-6-9-12/h4-6,8-9H,3,7,10-11H2,1-2H3. The molecular weight excluding hydrogens is 270 g/mol. The van der Waals surface area contributed by atoms with E-state index in [9.17, 15) is 4.79 Å². The summed E-state index contributed by atoms with van der Waals surface area (Å²) in [7, 11) is 1.34. The molecule has 0 N–H and O–H groups in total. The van der Waals surface area contributed by atoms with E-state index in [0.717, 1.165) is 17.9 Å². The molecule has 21 heavy (non-hydrogen) atoms. The van der Waals surface area contributed by atoms with Crippen LogP contribution in [-0.4, -0.2) is 34.7 Å². The normalized spacial score (nSPS) is 10.4. The van der Waals surface area contributed by atoms with Crippen molar-refractivity contribution in [2.45, 2.75) is 26.3 Å². The first-order chi connectivity index (χ1) is 10.3. The van der Waals surface area contributed by atoms with Gasteiger partial charge in [0.05, 0.1) is 19.4 Å².